The van der Waals surface area contributed by atoms with E-state index in [1.165, 1.54) is 28.6 Å². The number of benzene rings is 2. The third-order valence-electron chi connectivity index (χ3n) is 3.80. The molecule has 0 fully saturated rings. The van der Waals surface area contributed by atoms with Crippen LogP contribution in [-0.4, -0.2) is 37.0 Å². The molecule has 0 bridgehead atoms. The maximum absolute atomic E-state index is 12.4. The molecule has 0 saturated carbocycles. The van der Waals surface area contributed by atoms with Gasteiger partial charge in [-0.1, -0.05) is 11.8 Å². The normalized spacial score (nSPS) is 10.5. The first-order valence-corrected chi connectivity index (χ1v) is 9.95. The highest BCUT2D eigenvalue weighted by atomic mass is 32.2. The summed E-state index contributed by atoms with van der Waals surface area (Å²) in [6, 6.07) is 10.2. The molecule has 0 saturated heterocycles. The predicted molar refractivity (Wildman–Crippen MR) is 108 cm³/mol. The maximum atomic E-state index is 12.4. The zero-order valence-corrected chi connectivity index (χ0v) is 16.7. The molecule has 1 amide bonds. The summed E-state index contributed by atoms with van der Waals surface area (Å²) in [4.78, 5) is 13.3. The molecule has 142 valence electrons. The quantitative estimate of drug-likeness (QED) is 0.468. The van der Waals surface area contributed by atoms with Gasteiger partial charge in [0.15, 0.2) is 0 Å². The molecule has 2 N–H and O–H groups in total. The van der Waals surface area contributed by atoms with Crippen LogP contribution in [0.1, 0.15) is 11.1 Å². The number of rotatable bonds is 6. The first-order valence-electron chi connectivity index (χ1n) is 8.15. The second-order valence-corrected chi connectivity index (χ2v) is 7.65. The molecule has 0 spiro atoms. The average Bonchev–Trinajstić information content (AvgIpc) is 3.12. The molecule has 3 aromatic rings. The van der Waals surface area contributed by atoms with Crippen LogP contribution in [0.2, 0.25) is 0 Å². The van der Waals surface area contributed by atoms with Gasteiger partial charge in [-0.05, 0) is 83.6 Å². The van der Waals surface area contributed by atoms with Crippen LogP contribution in [0, 0.1) is 24.5 Å². The van der Waals surface area contributed by atoms with E-state index in [0.29, 0.717) is 10.8 Å². The number of hydrogen-bond acceptors (Lipinski definition) is 8. The van der Waals surface area contributed by atoms with Gasteiger partial charge in [-0.3, -0.25) is 4.79 Å². The number of aryl methyl sites for hydroxylation is 2. The van der Waals surface area contributed by atoms with Crippen molar-refractivity contribution in [3.05, 3.63) is 47.5 Å². The summed E-state index contributed by atoms with van der Waals surface area (Å²) in [6.07, 6.45) is 0. The van der Waals surface area contributed by atoms with Gasteiger partial charge in [-0.25, -0.2) is 0 Å². The Balaban J connectivity index is 1.67. The minimum Gasteiger partial charge on any atom is -0.508 e. The zero-order valence-electron chi connectivity index (χ0n) is 15.1. The van der Waals surface area contributed by atoms with Crippen LogP contribution in [0.4, 0.5) is 5.69 Å². The van der Waals surface area contributed by atoms with E-state index in [1.54, 1.807) is 12.1 Å². The van der Waals surface area contributed by atoms with Gasteiger partial charge in [0.1, 0.15) is 11.2 Å². The van der Waals surface area contributed by atoms with Crippen molar-refractivity contribution in [3.63, 3.8) is 0 Å². The standard InChI is InChI=1S/C18H16N6O2S2/c1-11-7-15(28-10-19)8-12(2)17(11)20-16(26)9-27-18-21-22-23-24(18)13-3-5-14(25)6-4-13/h3-8,25H,9H2,1-2H3,(H,20,26). The molecular formula is C18H16N6O2S2. The summed E-state index contributed by atoms with van der Waals surface area (Å²) >= 11 is 2.30. The SMILES string of the molecule is Cc1cc(SC#N)cc(C)c1NC(=O)CSc1nnnn1-c1ccc(O)cc1. The number of nitriles is 1. The van der Waals surface area contributed by atoms with E-state index in [0.717, 1.165) is 33.5 Å². The number of aromatic hydroxyl groups is 1. The molecule has 1 heterocycles. The molecule has 0 aliphatic carbocycles. The van der Waals surface area contributed by atoms with Crippen LogP contribution in [0.3, 0.4) is 0 Å². The van der Waals surface area contributed by atoms with Crippen molar-refractivity contribution in [3.8, 4) is 16.8 Å². The highest BCUT2D eigenvalue weighted by molar-refractivity contribution is 8.03. The van der Waals surface area contributed by atoms with Gasteiger partial charge in [-0.15, -0.1) is 5.10 Å². The van der Waals surface area contributed by atoms with Crippen LogP contribution in [0.15, 0.2) is 46.5 Å². The van der Waals surface area contributed by atoms with E-state index in [9.17, 15) is 9.90 Å². The lowest BCUT2D eigenvalue weighted by Gasteiger charge is -2.12. The molecule has 0 atom stereocenters. The molecule has 28 heavy (non-hydrogen) atoms. The minimum atomic E-state index is -0.183. The van der Waals surface area contributed by atoms with Crippen molar-refractivity contribution in [2.24, 2.45) is 0 Å². The number of thioether (sulfide) groups is 2. The topological polar surface area (TPSA) is 117 Å². The molecule has 0 aliphatic rings. The fourth-order valence-electron chi connectivity index (χ4n) is 2.56. The summed E-state index contributed by atoms with van der Waals surface area (Å²) in [5, 5.41) is 35.2. The van der Waals surface area contributed by atoms with Gasteiger partial charge < -0.3 is 10.4 Å². The molecule has 0 aliphatic heterocycles. The Bertz CT molecular complexity index is 1020. The first kappa shape index (κ1) is 19.7. The summed E-state index contributed by atoms with van der Waals surface area (Å²) in [5.74, 6) is 0.0962. The van der Waals surface area contributed by atoms with Crippen molar-refractivity contribution in [1.29, 1.82) is 5.26 Å². The number of thiocyanates is 1. The van der Waals surface area contributed by atoms with E-state index in [4.69, 9.17) is 5.26 Å². The van der Waals surface area contributed by atoms with Gasteiger partial charge in [0.2, 0.25) is 11.1 Å². The predicted octanol–water partition coefficient (Wildman–Crippen LogP) is 3.29. The third-order valence-corrected chi connectivity index (χ3v) is 5.28. The Morgan fingerprint density at radius 1 is 1.25 bits per heavy atom. The first-order chi connectivity index (χ1) is 13.5. The molecule has 1 aromatic heterocycles. The number of carbonyl (C=O) groups is 1. The van der Waals surface area contributed by atoms with E-state index in [2.05, 4.69) is 20.8 Å². The van der Waals surface area contributed by atoms with Crippen LogP contribution in [-0.2, 0) is 4.79 Å². The summed E-state index contributed by atoms with van der Waals surface area (Å²) < 4.78 is 1.50. The fourth-order valence-corrected chi connectivity index (χ4v) is 3.83. The highest BCUT2D eigenvalue weighted by Gasteiger charge is 2.14. The van der Waals surface area contributed by atoms with Crippen LogP contribution < -0.4 is 5.32 Å². The van der Waals surface area contributed by atoms with E-state index >= 15 is 0 Å². The molecule has 3 rings (SSSR count). The maximum Gasteiger partial charge on any atom is 0.234 e. The molecule has 2 aromatic carbocycles. The fraction of sp³-hybridized carbons (Fsp3) is 0.167. The monoisotopic (exact) mass is 412 g/mol. The van der Waals surface area contributed by atoms with Crippen LogP contribution >= 0.6 is 23.5 Å². The Morgan fingerprint density at radius 3 is 2.57 bits per heavy atom. The Kier molecular flexibility index (Phi) is 6.18. The van der Waals surface area contributed by atoms with Crippen molar-refractivity contribution < 1.29 is 9.90 Å². The van der Waals surface area contributed by atoms with Crippen molar-refractivity contribution >= 4 is 35.1 Å². The average molecular weight is 413 g/mol. The number of tetrazole rings is 1. The second-order valence-electron chi connectivity index (χ2n) is 5.85. The van der Waals surface area contributed by atoms with Gasteiger partial charge >= 0.3 is 0 Å². The number of aromatic nitrogens is 4. The van der Waals surface area contributed by atoms with E-state index in [-0.39, 0.29) is 17.4 Å². The Morgan fingerprint density at radius 2 is 1.93 bits per heavy atom. The molecule has 0 unspecified atom stereocenters. The number of hydrogen-bond donors (Lipinski definition) is 2. The van der Waals surface area contributed by atoms with Gasteiger partial charge in [0, 0.05) is 10.6 Å². The van der Waals surface area contributed by atoms with Gasteiger partial charge in [0.05, 0.1) is 11.4 Å². The summed E-state index contributed by atoms with van der Waals surface area (Å²) in [6.45, 7) is 3.78. The lowest BCUT2D eigenvalue weighted by Crippen LogP contribution is -2.16. The minimum absolute atomic E-state index is 0.131. The van der Waals surface area contributed by atoms with Crippen molar-refractivity contribution in [2.75, 3.05) is 11.1 Å². The number of carbonyl (C=O) groups excluding carboxylic acids is 1. The summed E-state index contributed by atoms with van der Waals surface area (Å²) in [5.41, 5.74) is 3.21. The van der Waals surface area contributed by atoms with E-state index < -0.39 is 0 Å². The number of amides is 1. The van der Waals surface area contributed by atoms with Gasteiger partial charge in [-0.2, -0.15) is 9.94 Å². The Labute approximate surface area is 169 Å². The third kappa shape index (κ3) is 4.62. The molecular weight excluding hydrogens is 396 g/mol. The van der Waals surface area contributed by atoms with Gasteiger partial charge in [0.25, 0.3) is 0 Å². The highest BCUT2D eigenvalue weighted by Crippen LogP contribution is 2.28. The van der Waals surface area contributed by atoms with Crippen LogP contribution in [0.5, 0.6) is 5.75 Å². The Hall–Kier alpha value is -3.03. The van der Waals surface area contributed by atoms with Crippen molar-refractivity contribution in [1.82, 2.24) is 20.2 Å². The number of anilines is 1. The molecule has 0 radical (unpaired) electrons. The largest absolute Gasteiger partial charge is 0.508 e. The molecule has 8 nitrogen and oxygen atoms in total. The molecule has 10 heteroatoms. The zero-order chi connectivity index (χ0) is 20.1. The van der Waals surface area contributed by atoms with Crippen molar-refractivity contribution in [2.45, 2.75) is 23.9 Å². The lowest BCUT2D eigenvalue weighted by atomic mass is 10.1. The van der Waals surface area contributed by atoms with E-state index in [1.807, 2.05) is 31.4 Å². The smallest absolute Gasteiger partial charge is 0.234 e. The second kappa shape index (κ2) is 8.77. The number of phenols is 1. The number of nitrogens with zero attached hydrogens (tertiary/aromatic N) is 5. The number of phenolic OH excluding ortho intramolecular Hbond substituents is 1. The van der Waals surface area contributed by atoms with Crippen LogP contribution in [0.25, 0.3) is 5.69 Å². The number of nitrogens with one attached hydrogen (secondary N) is 1. The lowest BCUT2D eigenvalue weighted by molar-refractivity contribution is -0.113. The summed E-state index contributed by atoms with van der Waals surface area (Å²) in [7, 11) is 0.